The van der Waals surface area contributed by atoms with Gasteiger partial charge in [-0.1, -0.05) is 0 Å². The summed E-state index contributed by atoms with van der Waals surface area (Å²) in [6.07, 6.45) is -9.76. The van der Waals surface area contributed by atoms with Crippen molar-refractivity contribution >= 4 is 7.82 Å². The zero-order valence-corrected chi connectivity index (χ0v) is 8.70. The first-order valence-corrected chi connectivity index (χ1v) is 5.69. The second kappa shape index (κ2) is 5.03. The van der Waals surface area contributed by atoms with Crippen molar-refractivity contribution in [3.05, 3.63) is 0 Å². The van der Waals surface area contributed by atoms with E-state index in [-0.39, 0.29) is 0 Å². The second-order valence-corrected chi connectivity index (χ2v) is 4.31. The lowest BCUT2D eigenvalue weighted by molar-refractivity contribution is -0.365. The number of alkyl halides is 1. The molecule has 0 unspecified atom stereocenters. The largest absolute Gasteiger partial charge is 0.790 e. The molecule has 5 atom stereocenters. The van der Waals surface area contributed by atoms with Crippen LogP contribution in [0.5, 0.6) is 0 Å². The van der Waals surface area contributed by atoms with Crippen molar-refractivity contribution in [2.24, 2.45) is 0 Å². The van der Waals surface area contributed by atoms with Crippen LogP contribution in [-0.2, 0) is 13.8 Å². The molecule has 0 bridgehead atoms. The first-order chi connectivity index (χ1) is 7.26. The van der Waals surface area contributed by atoms with Crippen LogP contribution in [0.15, 0.2) is 0 Å². The molecule has 0 aliphatic carbocycles. The van der Waals surface area contributed by atoms with Crippen LogP contribution in [0.2, 0.25) is 0 Å². The minimum atomic E-state index is -5.49. The molecular formula is C6H10FO8P-2. The van der Waals surface area contributed by atoms with E-state index in [2.05, 4.69) is 9.26 Å². The lowest BCUT2D eigenvalue weighted by atomic mass is 10.0. The molecule has 1 heterocycles. The highest BCUT2D eigenvalue weighted by molar-refractivity contribution is 7.43. The molecule has 0 aromatic rings. The van der Waals surface area contributed by atoms with Crippen LogP contribution in [0.25, 0.3) is 0 Å². The van der Waals surface area contributed by atoms with Crippen molar-refractivity contribution < 1.29 is 43.3 Å². The normalized spacial score (nSPS) is 41.0. The molecule has 1 rings (SSSR count). The molecule has 96 valence electrons. The Bertz CT molecular complexity index is 280. The van der Waals surface area contributed by atoms with Crippen LogP contribution in [-0.4, -0.2) is 52.7 Å². The van der Waals surface area contributed by atoms with Gasteiger partial charge in [-0.3, -0.25) is 0 Å². The van der Waals surface area contributed by atoms with E-state index >= 15 is 0 Å². The van der Waals surface area contributed by atoms with Gasteiger partial charge in [-0.2, -0.15) is 0 Å². The van der Waals surface area contributed by atoms with Crippen LogP contribution in [0.3, 0.4) is 0 Å². The number of rotatable bonds is 3. The molecule has 0 aromatic heterocycles. The molecule has 0 amide bonds. The summed E-state index contributed by atoms with van der Waals surface area (Å²) in [6, 6.07) is 0. The van der Waals surface area contributed by atoms with Crippen molar-refractivity contribution in [3.8, 4) is 0 Å². The fourth-order valence-corrected chi connectivity index (χ4v) is 1.68. The zero-order chi connectivity index (χ0) is 12.5. The number of aliphatic hydroxyl groups is 3. The average molecular weight is 260 g/mol. The predicted molar refractivity (Wildman–Crippen MR) is 41.3 cm³/mol. The van der Waals surface area contributed by atoms with Crippen molar-refractivity contribution in [3.63, 3.8) is 0 Å². The molecule has 8 nitrogen and oxygen atoms in total. The maximum Gasteiger partial charge on any atom is 0.196 e. The van der Waals surface area contributed by atoms with Gasteiger partial charge in [0.2, 0.25) is 0 Å². The molecule has 3 N–H and O–H groups in total. The molecule has 10 heteroatoms. The number of aliphatic hydroxyl groups excluding tert-OH is 3. The molecular weight excluding hydrogens is 250 g/mol. The number of hydrogen-bond acceptors (Lipinski definition) is 8. The topological polar surface area (TPSA) is 142 Å². The van der Waals surface area contributed by atoms with Gasteiger partial charge in [-0.25, -0.2) is 4.39 Å². The third-order valence-corrected chi connectivity index (χ3v) is 2.50. The Hall–Kier alpha value is -0.120. The Morgan fingerprint density at radius 2 is 1.94 bits per heavy atom. The third-order valence-electron chi connectivity index (χ3n) is 2.04. The molecule has 1 saturated heterocycles. The fraction of sp³-hybridized carbons (Fsp3) is 1.00. The van der Waals surface area contributed by atoms with Gasteiger partial charge in [0, 0.05) is 0 Å². The molecule has 1 aliphatic heterocycles. The van der Waals surface area contributed by atoms with E-state index < -0.39 is 45.2 Å². The lowest BCUT2D eigenvalue weighted by Gasteiger charge is -2.42. The molecule has 1 fully saturated rings. The van der Waals surface area contributed by atoms with E-state index in [1.165, 1.54) is 0 Å². The van der Waals surface area contributed by atoms with Crippen LogP contribution < -0.4 is 9.79 Å². The fourth-order valence-electron chi connectivity index (χ4n) is 1.26. The van der Waals surface area contributed by atoms with Gasteiger partial charge < -0.3 is 38.9 Å². The van der Waals surface area contributed by atoms with E-state index in [9.17, 15) is 18.7 Å². The molecule has 0 saturated carbocycles. The first kappa shape index (κ1) is 13.9. The summed E-state index contributed by atoms with van der Waals surface area (Å²) < 4.78 is 31.6. The van der Waals surface area contributed by atoms with Gasteiger partial charge in [-0.15, -0.1) is 0 Å². The van der Waals surface area contributed by atoms with Crippen molar-refractivity contribution in [2.75, 3.05) is 6.61 Å². The Balaban J connectivity index is 2.75. The van der Waals surface area contributed by atoms with E-state index in [1.807, 2.05) is 0 Å². The zero-order valence-electron chi connectivity index (χ0n) is 7.80. The number of halogens is 1. The standard InChI is InChI=1S/C6H12FO8P/c7-3-5(10)4(9)2(1-8)14-6(3)15-16(11,12)13/h2-6,8-10H,1H2,(H2,11,12,13)/p-2/t2-,3-,4-,5-,6-/m1/s1. The van der Waals surface area contributed by atoms with Gasteiger partial charge in [0.25, 0.3) is 0 Å². The Kier molecular flexibility index (Phi) is 4.38. The van der Waals surface area contributed by atoms with E-state index in [4.69, 9.17) is 15.3 Å². The van der Waals surface area contributed by atoms with Gasteiger partial charge in [0.1, 0.15) is 18.3 Å². The van der Waals surface area contributed by atoms with E-state index in [1.54, 1.807) is 0 Å². The third kappa shape index (κ3) is 3.19. The highest BCUT2D eigenvalue weighted by Gasteiger charge is 2.45. The summed E-state index contributed by atoms with van der Waals surface area (Å²) >= 11 is 0. The van der Waals surface area contributed by atoms with E-state index in [0.717, 1.165) is 0 Å². The number of hydrogen-bond donors (Lipinski definition) is 3. The molecule has 16 heavy (non-hydrogen) atoms. The van der Waals surface area contributed by atoms with Crippen LogP contribution in [0.1, 0.15) is 0 Å². The summed E-state index contributed by atoms with van der Waals surface area (Å²) in [5.74, 6) is 0. The minimum absolute atomic E-state index is 0.799. The molecule has 0 radical (unpaired) electrons. The van der Waals surface area contributed by atoms with Crippen LogP contribution in [0, 0.1) is 0 Å². The number of phosphoric ester groups is 1. The average Bonchev–Trinajstić information content (AvgIpc) is 2.17. The predicted octanol–water partition coefficient (Wildman–Crippen LogP) is -3.39. The van der Waals surface area contributed by atoms with Gasteiger partial charge >= 0.3 is 0 Å². The Morgan fingerprint density at radius 3 is 2.38 bits per heavy atom. The van der Waals surface area contributed by atoms with Crippen LogP contribution in [0.4, 0.5) is 4.39 Å². The van der Waals surface area contributed by atoms with E-state index in [0.29, 0.717) is 0 Å². The molecule has 0 spiro atoms. The van der Waals surface area contributed by atoms with Gasteiger partial charge in [0.05, 0.1) is 14.4 Å². The Labute approximate surface area is 89.5 Å². The Morgan fingerprint density at radius 1 is 1.38 bits per heavy atom. The summed E-state index contributed by atoms with van der Waals surface area (Å²) in [5.41, 5.74) is 0. The van der Waals surface area contributed by atoms with Crippen molar-refractivity contribution in [1.29, 1.82) is 0 Å². The van der Waals surface area contributed by atoms with Gasteiger partial charge in [-0.05, 0) is 0 Å². The first-order valence-electron chi connectivity index (χ1n) is 4.23. The SMILES string of the molecule is O=P([O-])([O-])O[C@H]1O[C@H](CO)[C@@H](O)[C@H](O)[C@H]1F. The monoisotopic (exact) mass is 260 g/mol. The van der Waals surface area contributed by atoms with Crippen LogP contribution >= 0.6 is 7.82 Å². The van der Waals surface area contributed by atoms with Crippen molar-refractivity contribution in [1.82, 2.24) is 0 Å². The summed E-state index contributed by atoms with van der Waals surface area (Å²) in [4.78, 5) is 20.4. The number of ether oxygens (including phenoxy) is 1. The minimum Gasteiger partial charge on any atom is -0.790 e. The highest BCUT2D eigenvalue weighted by atomic mass is 31.2. The smallest absolute Gasteiger partial charge is 0.196 e. The second-order valence-electron chi connectivity index (χ2n) is 3.20. The summed E-state index contributed by atoms with van der Waals surface area (Å²) in [6.45, 7) is -0.799. The maximum absolute atomic E-state index is 13.2. The quantitative estimate of drug-likeness (QED) is 0.446. The maximum atomic E-state index is 13.2. The van der Waals surface area contributed by atoms with Crippen molar-refractivity contribution in [2.45, 2.75) is 30.8 Å². The summed E-state index contributed by atoms with van der Waals surface area (Å²) in [5, 5.41) is 27.0. The lowest BCUT2D eigenvalue weighted by Crippen LogP contribution is -2.57. The highest BCUT2D eigenvalue weighted by Crippen LogP contribution is 2.34. The van der Waals surface area contributed by atoms with Gasteiger partial charge in [0.15, 0.2) is 12.5 Å². The number of phosphoric acid groups is 1. The summed E-state index contributed by atoms with van der Waals surface area (Å²) in [7, 11) is -5.49. The molecule has 1 aliphatic rings. The molecule has 0 aromatic carbocycles.